The molecule has 7 nitrogen and oxygen atoms in total. The van der Waals surface area contributed by atoms with Gasteiger partial charge in [0.1, 0.15) is 6.42 Å². The Labute approximate surface area is 191 Å². The normalized spacial score (nSPS) is 10.7. The van der Waals surface area contributed by atoms with Crippen LogP contribution in [0.1, 0.15) is 38.2 Å². The quantitative estimate of drug-likeness (QED) is 0.210. The van der Waals surface area contributed by atoms with Gasteiger partial charge in [0.05, 0.1) is 35.7 Å². The number of hydrogen-bond donors (Lipinski definition) is 2. The number of anilines is 1. The van der Waals surface area contributed by atoms with E-state index in [1.165, 1.54) is 6.21 Å². The fraction of sp³-hybridized carbons (Fsp3) is 0.318. The standard InChI is InChI=1S/C22H25Cl2N3O4/c1-3-4-5-12-31-22-15(8-6-11-18(22)30-2)14-25-27-20(29)13-19(28)26-17-10-7-9-16(23)21(17)24/h6-11,14H,3-5,12-13H2,1-2H3,(H,26,28)(H,27,29). The van der Waals surface area contributed by atoms with Gasteiger partial charge in [0.2, 0.25) is 11.8 Å². The number of hydrogen-bond acceptors (Lipinski definition) is 5. The summed E-state index contributed by atoms with van der Waals surface area (Å²) >= 11 is 11.9. The summed E-state index contributed by atoms with van der Waals surface area (Å²) in [6.07, 6.45) is 4.09. The number of para-hydroxylation sites is 1. The van der Waals surface area contributed by atoms with Crippen molar-refractivity contribution in [3.8, 4) is 11.5 Å². The Kier molecular flexibility index (Phi) is 10.1. The molecule has 0 unspecified atom stereocenters. The Morgan fingerprint density at radius 3 is 2.61 bits per heavy atom. The molecule has 0 saturated carbocycles. The number of amides is 2. The third-order valence-electron chi connectivity index (χ3n) is 4.16. The van der Waals surface area contributed by atoms with Gasteiger partial charge in [-0.3, -0.25) is 9.59 Å². The number of hydrazone groups is 1. The fourth-order valence-electron chi connectivity index (χ4n) is 2.63. The molecule has 2 aromatic carbocycles. The molecule has 2 N–H and O–H groups in total. The van der Waals surface area contributed by atoms with Gasteiger partial charge in [0.15, 0.2) is 11.5 Å². The number of nitrogens with zero attached hydrogens (tertiary/aromatic N) is 1. The number of carbonyl (C=O) groups is 2. The molecule has 0 aromatic heterocycles. The van der Waals surface area contributed by atoms with Gasteiger partial charge in [-0.25, -0.2) is 5.43 Å². The number of unbranched alkanes of at least 4 members (excludes halogenated alkanes) is 2. The molecule has 2 rings (SSSR count). The lowest BCUT2D eigenvalue weighted by Crippen LogP contribution is -2.24. The first kappa shape index (κ1) is 24.5. The highest BCUT2D eigenvalue weighted by molar-refractivity contribution is 6.44. The first-order chi connectivity index (χ1) is 15.0. The molecule has 0 heterocycles. The van der Waals surface area contributed by atoms with Crippen LogP contribution in [0.3, 0.4) is 0 Å². The highest BCUT2D eigenvalue weighted by atomic mass is 35.5. The smallest absolute Gasteiger partial charge is 0.249 e. The van der Waals surface area contributed by atoms with E-state index in [1.54, 1.807) is 43.5 Å². The second kappa shape index (κ2) is 12.8. The van der Waals surface area contributed by atoms with Crippen molar-refractivity contribution in [3.05, 3.63) is 52.0 Å². The molecular formula is C22H25Cl2N3O4. The number of ether oxygens (including phenoxy) is 2. The van der Waals surface area contributed by atoms with E-state index < -0.39 is 18.2 Å². The summed E-state index contributed by atoms with van der Waals surface area (Å²) < 4.78 is 11.2. The molecular weight excluding hydrogens is 441 g/mol. The summed E-state index contributed by atoms with van der Waals surface area (Å²) in [5.74, 6) is -0.00426. The molecule has 0 saturated heterocycles. The topological polar surface area (TPSA) is 89.0 Å². The highest BCUT2D eigenvalue weighted by Crippen LogP contribution is 2.31. The number of nitrogens with one attached hydrogen (secondary N) is 2. The predicted molar refractivity (Wildman–Crippen MR) is 123 cm³/mol. The maximum Gasteiger partial charge on any atom is 0.249 e. The first-order valence-corrected chi connectivity index (χ1v) is 10.6. The second-order valence-electron chi connectivity index (χ2n) is 6.55. The molecule has 0 fully saturated rings. The summed E-state index contributed by atoms with van der Waals surface area (Å²) in [7, 11) is 1.56. The zero-order valence-electron chi connectivity index (χ0n) is 17.4. The molecule has 2 aromatic rings. The Morgan fingerprint density at radius 1 is 1.10 bits per heavy atom. The van der Waals surface area contributed by atoms with E-state index >= 15 is 0 Å². The minimum atomic E-state index is -0.583. The third kappa shape index (κ3) is 7.77. The van der Waals surface area contributed by atoms with E-state index in [4.69, 9.17) is 32.7 Å². The minimum absolute atomic E-state index is 0.209. The molecule has 0 radical (unpaired) electrons. The number of carbonyl (C=O) groups excluding carboxylic acids is 2. The van der Waals surface area contributed by atoms with Gasteiger partial charge in [-0.05, 0) is 30.7 Å². The molecule has 0 atom stereocenters. The summed E-state index contributed by atoms with van der Waals surface area (Å²) in [4.78, 5) is 24.1. The SMILES string of the molecule is CCCCCOc1c(C=NNC(=O)CC(=O)Nc2cccc(Cl)c2Cl)cccc1OC. The van der Waals surface area contributed by atoms with Crippen molar-refractivity contribution >= 4 is 46.9 Å². The van der Waals surface area contributed by atoms with Gasteiger partial charge in [0.25, 0.3) is 0 Å². The predicted octanol–water partition coefficient (Wildman–Crippen LogP) is 5.05. The molecule has 2 amide bonds. The van der Waals surface area contributed by atoms with Gasteiger partial charge in [-0.1, -0.05) is 55.1 Å². The van der Waals surface area contributed by atoms with Crippen LogP contribution < -0.4 is 20.2 Å². The maximum absolute atomic E-state index is 12.1. The molecule has 0 aliphatic heterocycles. The van der Waals surface area contributed by atoms with Crippen molar-refractivity contribution < 1.29 is 19.1 Å². The average Bonchev–Trinajstić information content (AvgIpc) is 2.75. The van der Waals surface area contributed by atoms with Gasteiger partial charge < -0.3 is 14.8 Å². The number of rotatable bonds is 11. The van der Waals surface area contributed by atoms with Crippen LogP contribution in [0.15, 0.2) is 41.5 Å². The summed E-state index contributed by atoms with van der Waals surface area (Å²) in [5.41, 5.74) is 3.30. The molecule has 9 heteroatoms. The van der Waals surface area contributed by atoms with Crippen LogP contribution in [-0.2, 0) is 9.59 Å². The average molecular weight is 466 g/mol. The van der Waals surface area contributed by atoms with E-state index in [-0.39, 0.29) is 5.02 Å². The Hall–Kier alpha value is -2.77. The van der Waals surface area contributed by atoms with Crippen molar-refractivity contribution in [3.63, 3.8) is 0 Å². The third-order valence-corrected chi connectivity index (χ3v) is 4.98. The van der Waals surface area contributed by atoms with E-state index in [9.17, 15) is 9.59 Å². The van der Waals surface area contributed by atoms with Crippen LogP contribution in [0.2, 0.25) is 10.0 Å². The number of halogens is 2. The Morgan fingerprint density at radius 2 is 1.87 bits per heavy atom. The van der Waals surface area contributed by atoms with Crippen LogP contribution in [0.4, 0.5) is 5.69 Å². The number of methoxy groups -OCH3 is 1. The van der Waals surface area contributed by atoms with Crippen LogP contribution in [0.25, 0.3) is 0 Å². The summed E-state index contributed by atoms with van der Waals surface area (Å²) in [6, 6.07) is 10.2. The van der Waals surface area contributed by atoms with Gasteiger partial charge in [0, 0.05) is 5.56 Å². The Balaban J connectivity index is 1.94. The largest absolute Gasteiger partial charge is 0.493 e. The molecule has 0 spiro atoms. The van der Waals surface area contributed by atoms with Crippen LogP contribution in [0, 0.1) is 0 Å². The van der Waals surface area contributed by atoms with E-state index in [0.717, 1.165) is 19.3 Å². The van der Waals surface area contributed by atoms with Crippen molar-refractivity contribution in [2.24, 2.45) is 5.10 Å². The van der Waals surface area contributed by atoms with E-state index in [1.807, 2.05) is 0 Å². The number of benzene rings is 2. The first-order valence-electron chi connectivity index (χ1n) is 9.81. The minimum Gasteiger partial charge on any atom is -0.493 e. The lowest BCUT2D eigenvalue weighted by molar-refractivity contribution is -0.126. The van der Waals surface area contributed by atoms with Gasteiger partial charge in [-0.2, -0.15) is 5.10 Å². The van der Waals surface area contributed by atoms with E-state index in [2.05, 4.69) is 22.8 Å². The van der Waals surface area contributed by atoms with Crippen molar-refractivity contribution in [2.75, 3.05) is 19.0 Å². The monoisotopic (exact) mass is 465 g/mol. The molecule has 31 heavy (non-hydrogen) atoms. The van der Waals surface area contributed by atoms with Crippen LogP contribution in [-0.4, -0.2) is 31.7 Å². The van der Waals surface area contributed by atoms with Gasteiger partial charge >= 0.3 is 0 Å². The molecule has 0 aliphatic rings. The van der Waals surface area contributed by atoms with Crippen LogP contribution >= 0.6 is 23.2 Å². The van der Waals surface area contributed by atoms with Crippen molar-refractivity contribution in [2.45, 2.75) is 32.6 Å². The summed E-state index contributed by atoms with van der Waals surface area (Å²) in [5, 5.41) is 6.98. The van der Waals surface area contributed by atoms with Crippen LogP contribution in [0.5, 0.6) is 11.5 Å². The van der Waals surface area contributed by atoms with Crippen molar-refractivity contribution in [1.82, 2.24) is 5.43 Å². The zero-order chi connectivity index (χ0) is 22.6. The molecule has 166 valence electrons. The summed E-state index contributed by atoms with van der Waals surface area (Å²) in [6.45, 7) is 2.67. The fourth-order valence-corrected chi connectivity index (χ4v) is 2.98. The lowest BCUT2D eigenvalue weighted by Gasteiger charge is -2.13. The Bertz CT molecular complexity index is 935. The second-order valence-corrected chi connectivity index (χ2v) is 7.34. The maximum atomic E-state index is 12.1. The lowest BCUT2D eigenvalue weighted by atomic mass is 10.2. The van der Waals surface area contributed by atoms with Crippen molar-refractivity contribution in [1.29, 1.82) is 0 Å². The molecule has 0 aliphatic carbocycles. The molecule has 0 bridgehead atoms. The van der Waals surface area contributed by atoms with E-state index in [0.29, 0.717) is 34.4 Å². The highest BCUT2D eigenvalue weighted by Gasteiger charge is 2.13. The van der Waals surface area contributed by atoms with Gasteiger partial charge in [-0.15, -0.1) is 0 Å². The zero-order valence-corrected chi connectivity index (χ0v) is 18.9.